The number of amides is 1. The predicted octanol–water partition coefficient (Wildman–Crippen LogP) is 1.70. The average molecular weight is 358 g/mol. The molecule has 0 bridgehead atoms. The lowest BCUT2D eigenvalue weighted by Crippen LogP contribution is -2.38. The molecule has 0 aliphatic carbocycles. The smallest absolute Gasteiger partial charge is 0.261 e. The summed E-state index contributed by atoms with van der Waals surface area (Å²) in [6.07, 6.45) is 1.41. The highest BCUT2D eigenvalue weighted by molar-refractivity contribution is 7.94. The molecule has 1 atom stereocenters. The molecule has 0 radical (unpaired) electrons. The molecule has 1 unspecified atom stereocenters. The van der Waals surface area contributed by atoms with E-state index >= 15 is 0 Å². The van der Waals surface area contributed by atoms with Crippen molar-refractivity contribution in [2.75, 3.05) is 5.75 Å². The number of carbonyl (C=O) groups excluding carboxylic acids is 1. The van der Waals surface area contributed by atoms with Crippen LogP contribution in [0.4, 0.5) is 0 Å². The van der Waals surface area contributed by atoms with E-state index in [1.807, 2.05) is 32.0 Å². The van der Waals surface area contributed by atoms with Gasteiger partial charge in [0.05, 0.1) is 11.8 Å². The predicted molar refractivity (Wildman–Crippen MR) is 96.2 cm³/mol. The first-order valence-electron chi connectivity index (χ1n) is 7.77. The third-order valence-corrected chi connectivity index (χ3v) is 5.33. The van der Waals surface area contributed by atoms with Gasteiger partial charge in [-0.1, -0.05) is 17.2 Å². The number of carbonyl (C=O) groups is 1. The number of sulfone groups is 1. The van der Waals surface area contributed by atoms with Gasteiger partial charge < -0.3 is 10.3 Å². The molecule has 25 heavy (non-hydrogen) atoms. The van der Waals surface area contributed by atoms with Crippen LogP contribution in [0.2, 0.25) is 0 Å². The highest BCUT2D eigenvalue weighted by Crippen LogP contribution is 2.19. The number of aryl methyl sites for hydroxylation is 2. The lowest BCUT2D eigenvalue weighted by molar-refractivity contribution is 0.0946. The maximum atomic E-state index is 12.3. The zero-order valence-electron chi connectivity index (χ0n) is 13.9. The summed E-state index contributed by atoms with van der Waals surface area (Å²) < 4.78 is 22.8. The van der Waals surface area contributed by atoms with Crippen LogP contribution < -0.4 is 10.9 Å². The van der Waals surface area contributed by atoms with Crippen LogP contribution in [0, 0.1) is 13.8 Å². The normalized spacial score (nSPS) is 18.2. The lowest BCUT2D eigenvalue weighted by atomic mass is 10.0. The molecule has 1 aliphatic rings. The number of pyridine rings is 1. The molecule has 0 saturated carbocycles. The highest BCUT2D eigenvalue weighted by Gasteiger charge is 2.24. The number of aromatic nitrogens is 1. The lowest BCUT2D eigenvalue weighted by Gasteiger charge is -2.10. The van der Waals surface area contributed by atoms with Gasteiger partial charge in [-0.3, -0.25) is 9.59 Å². The first-order chi connectivity index (χ1) is 11.7. The number of hydrogen-bond donors (Lipinski definition) is 2. The number of H-pyrrole nitrogens is 1. The Morgan fingerprint density at radius 1 is 1.16 bits per heavy atom. The Morgan fingerprint density at radius 3 is 2.40 bits per heavy atom. The second kappa shape index (κ2) is 6.33. The third-order valence-electron chi connectivity index (χ3n) is 3.93. The van der Waals surface area contributed by atoms with Crippen LogP contribution in [0.15, 0.2) is 46.6 Å². The summed E-state index contributed by atoms with van der Waals surface area (Å²) in [5.41, 5.74) is 3.08. The maximum absolute atomic E-state index is 12.3. The van der Waals surface area contributed by atoms with E-state index in [1.165, 1.54) is 12.1 Å². The van der Waals surface area contributed by atoms with Crippen molar-refractivity contribution in [1.82, 2.24) is 10.3 Å². The van der Waals surface area contributed by atoms with Gasteiger partial charge in [0.25, 0.3) is 11.5 Å². The second-order valence-electron chi connectivity index (χ2n) is 6.23. The molecule has 1 aromatic carbocycles. The van der Waals surface area contributed by atoms with Gasteiger partial charge in [-0.15, -0.1) is 0 Å². The standard InChI is InChI=1S/C18H18N2O4S/c1-11-7-12(2)9-13(8-11)16-4-3-15(18(22)20-16)17(21)19-14-5-6-25(23,24)10-14/h3-9,14H,10H2,1-2H3,(H,19,21)(H,20,22). The minimum absolute atomic E-state index is 0.0502. The summed E-state index contributed by atoms with van der Waals surface area (Å²) in [5, 5.41) is 3.62. The molecule has 2 aromatic rings. The monoisotopic (exact) mass is 358 g/mol. The number of rotatable bonds is 3. The van der Waals surface area contributed by atoms with Crippen LogP contribution in [0.5, 0.6) is 0 Å². The van der Waals surface area contributed by atoms with E-state index in [4.69, 9.17) is 0 Å². The van der Waals surface area contributed by atoms with Crippen molar-refractivity contribution >= 4 is 15.7 Å². The van der Waals surface area contributed by atoms with Crippen molar-refractivity contribution in [3.63, 3.8) is 0 Å². The Hall–Kier alpha value is -2.67. The van der Waals surface area contributed by atoms with E-state index in [9.17, 15) is 18.0 Å². The van der Waals surface area contributed by atoms with E-state index in [-0.39, 0.29) is 11.3 Å². The van der Waals surface area contributed by atoms with E-state index in [2.05, 4.69) is 10.3 Å². The van der Waals surface area contributed by atoms with Crippen molar-refractivity contribution in [3.05, 3.63) is 68.9 Å². The molecule has 1 aromatic heterocycles. The van der Waals surface area contributed by atoms with E-state index in [0.29, 0.717) is 5.69 Å². The molecular weight excluding hydrogens is 340 g/mol. The summed E-state index contributed by atoms with van der Waals surface area (Å²) in [6, 6.07) is 8.45. The van der Waals surface area contributed by atoms with Gasteiger partial charge in [0.1, 0.15) is 5.56 Å². The number of aromatic amines is 1. The fourth-order valence-electron chi connectivity index (χ4n) is 2.86. The quantitative estimate of drug-likeness (QED) is 0.873. The first kappa shape index (κ1) is 17.2. The molecule has 0 saturated heterocycles. The summed E-state index contributed by atoms with van der Waals surface area (Å²) in [5.74, 6) is -0.780. The Kier molecular flexibility index (Phi) is 4.34. The van der Waals surface area contributed by atoms with Gasteiger partial charge in [-0.2, -0.15) is 0 Å². The van der Waals surface area contributed by atoms with Crippen LogP contribution in [-0.2, 0) is 9.84 Å². The third kappa shape index (κ3) is 3.88. The van der Waals surface area contributed by atoms with E-state index < -0.39 is 27.3 Å². The van der Waals surface area contributed by atoms with E-state index in [1.54, 1.807) is 6.07 Å². The largest absolute Gasteiger partial charge is 0.345 e. The minimum atomic E-state index is -3.27. The number of nitrogens with one attached hydrogen (secondary N) is 2. The van der Waals surface area contributed by atoms with Gasteiger partial charge in [0.2, 0.25) is 0 Å². The van der Waals surface area contributed by atoms with Crippen molar-refractivity contribution in [1.29, 1.82) is 0 Å². The van der Waals surface area contributed by atoms with Gasteiger partial charge in [0.15, 0.2) is 9.84 Å². The summed E-state index contributed by atoms with van der Waals surface area (Å²) in [4.78, 5) is 27.2. The topological polar surface area (TPSA) is 96.1 Å². The SMILES string of the molecule is Cc1cc(C)cc(-c2ccc(C(=O)NC3C=CS(=O)(=O)C3)c(=O)[nH]2)c1. The molecule has 6 nitrogen and oxygen atoms in total. The average Bonchev–Trinajstić information content (AvgIpc) is 2.84. The van der Waals surface area contributed by atoms with Crippen molar-refractivity contribution in [2.24, 2.45) is 0 Å². The van der Waals surface area contributed by atoms with Crippen molar-refractivity contribution in [3.8, 4) is 11.3 Å². The molecule has 2 heterocycles. The molecular formula is C18H18N2O4S. The maximum Gasteiger partial charge on any atom is 0.261 e. The van der Waals surface area contributed by atoms with Crippen LogP contribution in [0.25, 0.3) is 11.3 Å². The second-order valence-corrected chi connectivity index (χ2v) is 8.16. The van der Waals surface area contributed by atoms with Gasteiger partial charge >= 0.3 is 0 Å². The van der Waals surface area contributed by atoms with Crippen LogP contribution in [0.1, 0.15) is 21.5 Å². The molecule has 3 rings (SSSR count). The van der Waals surface area contributed by atoms with Crippen LogP contribution >= 0.6 is 0 Å². The van der Waals surface area contributed by atoms with Crippen molar-refractivity contribution < 1.29 is 13.2 Å². The molecule has 130 valence electrons. The van der Waals surface area contributed by atoms with E-state index in [0.717, 1.165) is 22.1 Å². The van der Waals surface area contributed by atoms with Crippen molar-refractivity contribution in [2.45, 2.75) is 19.9 Å². The minimum Gasteiger partial charge on any atom is -0.345 e. The molecule has 7 heteroatoms. The molecule has 2 N–H and O–H groups in total. The fraction of sp³-hybridized carbons (Fsp3) is 0.222. The Labute approximate surface area is 145 Å². The molecule has 1 amide bonds. The Morgan fingerprint density at radius 2 is 1.84 bits per heavy atom. The molecule has 0 fully saturated rings. The summed E-state index contributed by atoms with van der Waals surface area (Å²) in [6.45, 7) is 3.94. The van der Waals surface area contributed by atoms with Gasteiger partial charge in [-0.05, 0) is 49.8 Å². The molecule has 1 aliphatic heterocycles. The van der Waals surface area contributed by atoms with Gasteiger partial charge in [0, 0.05) is 11.1 Å². The summed E-state index contributed by atoms with van der Waals surface area (Å²) >= 11 is 0. The van der Waals surface area contributed by atoms with Crippen LogP contribution in [0.3, 0.4) is 0 Å². The highest BCUT2D eigenvalue weighted by atomic mass is 32.2. The number of benzene rings is 1. The zero-order valence-corrected chi connectivity index (χ0v) is 14.7. The summed E-state index contributed by atoms with van der Waals surface area (Å²) in [7, 11) is -3.27. The zero-order chi connectivity index (χ0) is 18.2. The van der Waals surface area contributed by atoms with Crippen LogP contribution in [-0.4, -0.2) is 31.1 Å². The fourth-order valence-corrected chi connectivity index (χ4v) is 4.10. The Bertz CT molecular complexity index is 1020. The number of hydrogen-bond acceptors (Lipinski definition) is 4. The Balaban J connectivity index is 1.84. The first-order valence-corrected chi connectivity index (χ1v) is 9.49. The van der Waals surface area contributed by atoms with Gasteiger partial charge in [-0.25, -0.2) is 8.42 Å². The molecule has 0 spiro atoms.